The summed E-state index contributed by atoms with van der Waals surface area (Å²) in [4.78, 5) is 20.2. The third kappa shape index (κ3) is 8.47. The Balaban J connectivity index is 0.000000173. The highest BCUT2D eigenvalue weighted by molar-refractivity contribution is 9.10. The fourth-order valence-electron chi connectivity index (χ4n) is 5.13. The Morgan fingerprint density at radius 3 is 1.79 bits per heavy atom. The van der Waals surface area contributed by atoms with Gasteiger partial charge < -0.3 is 28.6 Å². The van der Waals surface area contributed by atoms with E-state index < -0.39 is 0 Å². The third-order valence-corrected chi connectivity index (χ3v) is 8.20. The van der Waals surface area contributed by atoms with Crippen LogP contribution in [0.3, 0.4) is 0 Å². The van der Waals surface area contributed by atoms with Gasteiger partial charge in [0.1, 0.15) is 24.7 Å². The lowest BCUT2D eigenvalue weighted by Crippen LogP contribution is -2.43. The zero-order valence-corrected chi connectivity index (χ0v) is 28.6. The normalized spacial score (nSPS) is 14.2. The first-order valence-corrected chi connectivity index (χ1v) is 16.3. The average Bonchev–Trinajstić information content (AvgIpc) is 3.13. The molecule has 1 aliphatic heterocycles. The number of pyridine rings is 4. The van der Waals surface area contributed by atoms with Crippen molar-refractivity contribution in [1.82, 2.24) is 19.9 Å². The molecular weight excluding hydrogens is 674 g/mol. The minimum atomic E-state index is 0.326. The van der Waals surface area contributed by atoms with Crippen LogP contribution in [-0.2, 0) is 18.0 Å². The molecule has 1 atom stereocenters. The van der Waals surface area contributed by atoms with Gasteiger partial charge in [0.25, 0.3) is 0 Å². The minimum Gasteiger partial charge on any atom is -0.497 e. The summed E-state index contributed by atoms with van der Waals surface area (Å²) in [5.74, 6) is 2.84. The van der Waals surface area contributed by atoms with Gasteiger partial charge in [0.2, 0.25) is 11.8 Å². The van der Waals surface area contributed by atoms with Crippen molar-refractivity contribution in [1.29, 1.82) is 0 Å². The lowest BCUT2D eigenvalue weighted by atomic mass is 10.2. The van der Waals surface area contributed by atoms with Crippen molar-refractivity contribution < 1.29 is 23.7 Å². The van der Waals surface area contributed by atoms with Crippen LogP contribution in [0.25, 0.3) is 22.1 Å². The second-order valence-electron chi connectivity index (χ2n) is 11.1. The van der Waals surface area contributed by atoms with Crippen molar-refractivity contribution in [2.24, 2.45) is 0 Å². The predicted molar refractivity (Wildman–Crippen MR) is 189 cm³/mol. The molecule has 0 unspecified atom stereocenters. The molecule has 246 valence electrons. The van der Waals surface area contributed by atoms with Crippen molar-refractivity contribution in [3.8, 4) is 23.3 Å². The Morgan fingerprint density at radius 2 is 1.25 bits per heavy atom. The first-order chi connectivity index (χ1) is 23.5. The summed E-state index contributed by atoms with van der Waals surface area (Å²) >= 11 is 3.39. The van der Waals surface area contributed by atoms with E-state index in [9.17, 15) is 0 Å². The van der Waals surface area contributed by atoms with Crippen LogP contribution in [0.4, 0.5) is 5.69 Å². The molecule has 0 amide bonds. The van der Waals surface area contributed by atoms with Crippen molar-refractivity contribution >= 4 is 43.7 Å². The number of hydrogen-bond donors (Lipinski definition) is 0. The number of benzene rings is 2. The summed E-state index contributed by atoms with van der Waals surface area (Å²) in [5, 5.41) is 0. The van der Waals surface area contributed by atoms with Gasteiger partial charge in [-0.15, -0.1) is 0 Å². The van der Waals surface area contributed by atoms with E-state index in [0.717, 1.165) is 74.6 Å². The number of halogens is 1. The van der Waals surface area contributed by atoms with E-state index in [1.807, 2.05) is 85.1 Å². The van der Waals surface area contributed by atoms with Crippen molar-refractivity contribution in [2.75, 3.05) is 38.9 Å². The van der Waals surface area contributed by atoms with Gasteiger partial charge in [0, 0.05) is 35.4 Å². The van der Waals surface area contributed by atoms with Gasteiger partial charge in [0.05, 0.1) is 61.4 Å². The number of morpholine rings is 1. The number of rotatable bonds is 9. The highest BCUT2D eigenvalue weighted by atomic mass is 79.9. The van der Waals surface area contributed by atoms with Crippen LogP contribution in [0.5, 0.6) is 23.3 Å². The molecule has 2 aromatic carbocycles. The maximum atomic E-state index is 5.87. The molecule has 7 rings (SSSR count). The van der Waals surface area contributed by atoms with Crippen molar-refractivity contribution in [3.63, 3.8) is 0 Å². The maximum Gasteiger partial charge on any atom is 0.214 e. The maximum absolute atomic E-state index is 5.87. The van der Waals surface area contributed by atoms with Crippen LogP contribution in [0.2, 0.25) is 0 Å². The monoisotopic (exact) mass is 709 g/mol. The summed E-state index contributed by atoms with van der Waals surface area (Å²) in [6.45, 7) is 5.41. The minimum absolute atomic E-state index is 0.326. The molecule has 5 heterocycles. The number of aromatic nitrogens is 4. The summed E-state index contributed by atoms with van der Waals surface area (Å²) in [6, 6.07) is 27.4. The SMILES string of the molecule is COc1ccc(COc2ccc3ncc(Br)cc3n2)cc1.COc1ccc(COc2ccc3ncc(N4CCOC[C@H]4C)cc3n2)cc1. The van der Waals surface area contributed by atoms with Gasteiger partial charge >= 0.3 is 0 Å². The van der Waals surface area contributed by atoms with E-state index in [2.05, 4.69) is 53.8 Å². The molecule has 0 spiro atoms. The molecule has 10 nitrogen and oxygen atoms in total. The summed E-state index contributed by atoms with van der Waals surface area (Å²) in [6.07, 6.45) is 3.66. The van der Waals surface area contributed by atoms with Gasteiger partial charge in [-0.05, 0) is 82.5 Å². The molecule has 0 radical (unpaired) electrons. The Morgan fingerprint density at radius 1 is 0.708 bits per heavy atom. The quantitative estimate of drug-likeness (QED) is 0.151. The largest absolute Gasteiger partial charge is 0.497 e. The summed E-state index contributed by atoms with van der Waals surface area (Å²) in [5.41, 5.74) is 6.52. The van der Waals surface area contributed by atoms with E-state index in [4.69, 9.17) is 23.7 Å². The molecule has 1 fully saturated rings. The lowest BCUT2D eigenvalue weighted by molar-refractivity contribution is 0.0989. The average molecular weight is 711 g/mol. The Hall–Kier alpha value is -5.00. The first kappa shape index (κ1) is 32.9. The smallest absolute Gasteiger partial charge is 0.214 e. The van der Waals surface area contributed by atoms with Crippen LogP contribution in [0.1, 0.15) is 18.1 Å². The summed E-state index contributed by atoms with van der Waals surface area (Å²) < 4.78 is 28.3. The van der Waals surface area contributed by atoms with Crippen LogP contribution in [-0.4, -0.2) is 60.0 Å². The molecule has 48 heavy (non-hydrogen) atoms. The molecule has 0 aliphatic carbocycles. The Bertz CT molecular complexity index is 1960. The van der Waals surface area contributed by atoms with E-state index in [1.54, 1.807) is 20.4 Å². The van der Waals surface area contributed by atoms with Gasteiger partial charge in [-0.3, -0.25) is 9.97 Å². The molecule has 1 saturated heterocycles. The molecule has 0 saturated carbocycles. The number of methoxy groups -OCH3 is 2. The zero-order chi connectivity index (χ0) is 33.3. The van der Waals surface area contributed by atoms with Crippen molar-refractivity contribution in [2.45, 2.75) is 26.2 Å². The second kappa shape index (κ2) is 15.7. The third-order valence-electron chi connectivity index (χ3n) is 7.77. The topological polar surface area (TPSA) is 101 Å². The standard InChI is InChI=1S/C21H23N3O3.C16H13BrN2O2/c1-15-13-26-10-9-24(15)17-11-20-19(22-12-17)7-8-21(23-20)27-14-16-3-5-18(25-2)6-4-16;1-20-13-4-2-11(3-5-13)10-21-16-7-6-14-15(19-16)8-12(17)9-18-14/h3-8,11-12,15H,9-10,13-14H2,1-2H3;2-9H,10H2,1H3/t15-;/m1./s1. The number of hydrogen-bond acceptors (Lipinski definition) is 10. The number of fused-ring (bicyclic) bond motifs is 2. The number of nitrogens with zero attached hydrogens (tertiary/aromatic N) is 5. The molecule has 0 bridgehead atoms. The highest BCUT2D eigenvalue weighted by Gasteiger charge is 2.20. The molecule has 0 N–H and O–H groups in total. The summed E-state index contributed by atoms with van der Waals surface area (Å²) in [7, 11) is 3.31. The molecule has 4 aromatic heterocycles. The fourth-order valence-corrected chi connectivity index (χ4v) is 5.45. The van der Waals surface area contributed by atoms with Crippen molar-refractivity contribution in [3.05, 3.63) is 113 Å². The second-order valence-corrected chi connectivity index (χ2v) is 12.0. The van der Waals surface area contributed by atoms with Crippen LogP contribution >= 0.6 is 15.9 Å². The van der Waals surface area contributed by atoms with Gasteiger partial charge in [-0.2, -0.15) is 0 Å². The van der Waals surface area contributed by atoms with Gasteiger partial charge in [-0.1, -0.05) is 24.3 Å². The highest BCUT2D eigenvalue weighted by Crippen LogP contribution is 2.25. The molecule has 1 aliphatic rings. The molecular formula is C37H36BrN5O5. The van der Waals surface area contributed by atoms with Gasteiger partial charge in [0.15, 0.2) is 0 Å². The van der Waals surface area contributed by atoms with Gasteiger partial charge in [-0.25, -0.2) is 9.97 Å². The Labute approximate surface area is 287 Å². The predicted octanol–water partition coefficient (Wildman–Crippen LogP) is 7.42. The number of ether oxygens (including phenoxy) is 5. The Kier molecular flexibility index (Phi) is 10.8. The first-order valence-electron chi connectivity index (χ1n) is 15.5. The van der Waals surface area contributed by atoms with E-state index >= 15 is 0 Å². The van der Waals surface area contributed by atoms with Crippen LogP contribution < -0.4 is 23.8 Å². The zero-order valence-electron chi connectivity index (χ0n) is 27.0. The number of anilines is 1. The molecule has 11 heteroatoms. The lowest BCUT2D eigenvalue weighted by Gasteiger charge is -2.35. The van der Waals surface area contributed by atoms with E-state index in [1.165, 1.54) is 0 Å². The molecule has 6 aromatic rings. The van der Waals surface area contributed by atoms with E-state index in [0.29, 0.717) is 31.0 Å². The van der Waals surface area contributed by atoms with Crippen LogP contribution in [0.15, 0.2) is 102 Å². The van der Waals surface area contributed by atoms with Crippen LogP contribution in [0, 0.1) is 0 Å². The fraction of sp³-hybridized carbons (Fsp3) is 0.243. The van der Waals surface area contributed by atoms with E-state index in [-0.39, 0.29) is 0 Å².